The molecule has 1 amide bonds. The van der Waals surface area contributed by atoms with Gasteiger partial charge in [-0.3, -0.25) is 4.79 Å². The molecule has 1 heterocycles. The zero-order chi connectivity index (χ0) is 12.9. The number of rotatable bonds is 4. The van der Waals surface area contributed by atoms with E-state index in [2.05, 4.69) is 23.2 Å². The average Bonchev–Trinajstić information content (AvgIpc) is 2.33. The Morgan fingerprint density at radius 3 is 2.59 bits per heavy atom. The molecule has 0 saturated carbocycles. The van der Waals surface area contributed by atoms with E-state index in [0.717, 1.165) is 38.8 Å². The van der Waals surface area contributed by atoms with Gasteiger partial charge in [0.2, 0.25) is 5.91 Å². The average molecular weight is 237 g/mol. The van der Waals surface area contributed by atoms with Gasteiger partial charge in [0.05, 0.1) is 6.07 Å². The number of hydrogen-bond acceptors (Lipinski definition) is 3. The Morgan fingerprint density at radius 1 is 1.53 bits per heavy atom. The van der Waals surface area contributed by atoms with Gasteiger partial charge in [-0.2, -0.15) is 5.26 Å². The van der Waals surface area contributed by atoms with Crippen molar-refractivity contribution in [2.45, 2.75) is 45.1 Å². The lowest BCUT2D eigenvalue weighted by molar-refractivity contribution is -0.126. The number of carbonyl (C=O) groups is 1. The third-order valence-electron chi connectivity index (χ3n) is 3.59. The zero-order valence-electron chi connectivity index (χ0n) is 11.1. The van der Waals surface area contributed by atoms with E-state index in [-0.39, 0.29) is 11.8 Å². The number of carbonyl (C=O) groups excluding carboxylic acids is 1. The summed E-state index contributed by atoms with van der Waals surface area (Å²) in [6.07, 6.45) is 3.33. The van der Waals surface area contributed by atoms with Gasteiger partial charge in [0.25, 0.3) is 0 Å². The normalized spacial score (nSPS) is 21.5. The van der Waals surface area contributed by atoms with Gasteiger partial charge in [-0.15, -0.1) is 0 Å². The monoisotopic (exact) mass is 237 g/mol. The topological polar surface area (TPSA) is 56.1 Å². The van der Waals surface area contributed by atoms with E-state index >= 15 is 0 Å². The second kappa shape index (κ2) is 6.02. The summed E-state index contributed by atoms with van der Waals surface area (Å²) in [5, 5.41) is 12.3. The van der Waals surface area contributed by atoms with E-state index in [9.17, 15) is 10.1 Å². The summed E-state index contributed by atoms with van der Waals surface area (Å²) < 4.78 is 0. The third-order valence-corrected chi connectivity index (χ3v) is 3.59. The molecular formula is C13H23N3O. The van der Waals surface area contributed by atoms with Gasteiger partial charge in [0.1, 0.15) is 5.54 Å². The molecule has 1 rings (SSSR count). The molecular weight excluding hydrogens is 214 g/mol. The van der Waals surface area contributed by atoms with E-state index in [0.29, 0.717) is 0 Å². The summed E-state index contributed by atoms with van der Waals surface area (Å²) in [7, 11) is 2.04. The smallest absolute Gasteiger partial charge is 0.224 e. The lowest BCUT2D eigenvalue weighted by Gasteiger charge is -2.36. The minimum absolute atomic E-state index is 0.00452. The summed E-state index contributed by atoms with van der Waals surface area (Å²) in [5.74, 6) is 0.0304. The van der Waals surface area contributed by atoms with Crippen LogP contribution in [0.3, 0.4) is 0 Å². The molecule has 1 atom stereocenters. The first-order chi connectivity index (χ1) is 8.03. The number of amides is 1. The lowest BCUT2D eigenvalue weighted by Crippen LogP contribution is -2.54. The molecule has 0 aliphatic carbocycles. The minimum Gasteiger partial charge on any atom is -0.338 e. The molecule has 0 aromatic carbocycles. The highest BCUT2D eigenvalue weighted by Gasteiger charge is 2.35. The lowest BCUT2D eigenvalue weighted by atomic mass is 9.88. The van der Waals surface area contributed by atoms with Gasteiger partial charge in [-0.25, -0.2) is 0 Å². The van der Waals surface area contributed by atoms with Crippen molar-refractivity contribution in [3.8, 4) is 6.07 Å². The van der Waals surface area contributed by atoms with Gasteiger partial charge in [-0.05, 0) is 26.3 Å². The number of piperidine rings is 1. The van der Waals surface area contributed by atoms with Crippen LogP contribution in [0.25, 0.3) is 0 Å². The van der Waals surface area contributed by atoms with E-state index in [1.807, 2.05) is 14.0 Å². The Labute approximate surface area is 104 Å². The Hall–Kier alpha value is -1.08. The van der Waals surface area contributed by atoms with E-state index in [1.54, 1.807) is 0 Å². The highest BCUT2D eigenvalue weighted by molar-refractivity contribution is 5.79. The summed E-state index contributed by atoms with van der Waals surface area (Å²) >= 11 is 0. The fraction of sp³-hybridized carbons (Fsp3) is 0.846. The van der Waals surface area contributed by atoms with Crippen molar-refractivity contribution >= 4 is 5.91 Å². The molecule has 1 saturated heterocycles. The fourth-order valence-electron chi connectivity index (χ4n) is 2.19. The Kier molecular flexibility index (Phi) is 4.95. The molecule has 1 aliphatic heterocycles. The maximum absolute atomic E-state index is 12.0. The molecule has 4 nitrogen and oxygen atoms in total. The number of nitrogens with zero attached hydrogens (tertiary/aromatic N) is 2. The standard InChI is InChI=1S/C13H23N3O/c1-4-5-11(2)12(17)15-13(10-14)6-8-16(3)9-7-13/h11H,4-9H2,1-3H3,(H,15,17). The number of nitriles is 1. The minimum atomic E-state index is -0.633. The SMILES string of the molecule is CCCC(C)C(=O)NC1(C#N)CCN(C)CC1. The van der Waals surface area contributed by atoms with E-state index in [4.69, 9.17) is 0 Å². The largest absolute Gasteiger partial charge is 0.338 e. The number of nitrogens with one attached hydrogen (secondary N) is 1. The highest BCUT2D eigenvalue weighted by atomic mass is 16.2. The molecule has 1 unspecified atom stereocenters. The van der Waals surface area contributed by atoms with Crippen molar-refractivity contribution < 1.29 is 4.79 Å². The fourth-order valence-corrected chi connectivity index (χ4v) is 2.19. The highest BCUT2D eigenvalue weighted by Crippen LogP contribution is 2.21. The number of likely N-dealkylation sites (tertiary alicyclic amines) is 1. The van der Waals surface area contributed by atoms with Gasteiger partial charge in [-0.1, -0.05) is 20.3 Å². The molecule has 0 aromatic rings. The summed E-state index contributed by atoms with van der Waals surface area (Å²) in [6, 6.07) is 2.31. The number of hydrogen-bond donors (Lipinski definition) is 1. The molecule has 0 spiro atoms. The first-order valence-electron chi connectivity index (χ1n) is 6.45. The second-order valence-electron chi connectivity index (χ2n) is 5.18. The van der Waals surface area contributed by atoms with Gasteiger partial charge < -0.3 is 10.2 Å². The van der Waals surface area contributed by atoms with Gasteiger partial charge >= 0.3 is 0 Å². The molecule has 1 aliphatic rings. The first-order valence-corrected chi connectivity index (χ1v) is 6.45. The van der Waals surface area contributed by atoms with Crippen LogP contribution < -0.4 is 5.32 Å². The van der Waals surface area contributed by atoms with Crippen LogP contribution in [0.1, 0.15) is 39.5 Å². The zero-order valence-corrected chi connectivity index (χ0v) is 11.1. The summed E-state index contributed by atoms with van der Waals surface area (Å²) in [4.78, 5) is 14.2. The second-order valence-corrected chi connectivity index (χ2v) is 5.18. The van der Waals surface area contributed by atoms with E-state index < -0.39 is 5.54 Å². The molecule has 4 heteroatoms. The first kappa shape index (κ1) is 14.0. The maximum atomic E-state index is 12.0. The summed E-state index contributed by atoms with van der Waals surface area (Å²) in [5.41, 5.74) is -0.633. The predicted molar refractivity (Wildman–Crippen MR) is 67.3 cm³/mol. The van der Waals surface area contributed by atoms with Crippen LogP contribution in [0.2, 0.25) is 0 Å². The van der Waals surface area contributed by atoms with Crippen molar-refractivity contribution in [1.29, 1.82) is 5.26 Å². The Morgan fingerprint density at radius 2 is 2.12 bits per heavy atom. The van der Waals surface area contributed by atoms with Crippen LogP contribution >= 0.6 is 0 Å². The van der Waals surface area contributed by atoms with Crippen molar-refractivity contribution in [1.82, 2.24) is 10.2 Å². The van der Waals surface area contributed by atoms with Gasteiger partial charge in [0, 0.05) is 19.0 Å². The molecule has 0 aromatic heterocycles. The van der Waals surface area contributed by atoms with Crippen LogP contribution in [-0.4, -0.2) is 36.5 Å². The van der Waals surface area contributed by atoms with Crippen LogP contribution in [-0.2, 0) is 4.79 Å². The molecule has 0 radical (unpaired) electrons. The van der Waals surface area contributed by atoms with Crippen molar-refractivity contribution in [2.24, 2.45) is 5.92 Å². The van der Waals surface area contributed by atoms with Crippen molar-refractivity contribution in [2.75, 3.05) is 20.1 Å². The van der Waals surface area contributed by atoms with Crippen LogP contribution in [0.5, 0.6) is 0 Å². The van der Waals surface area contributed by atoms with Crippen LogP contribution in [0, 0.1) is 17.2 Å². The molecule has 1 fully saturated rings. The van der Waals surface area contributed by atoms with Crippen LogP contribution in [0.4, 0.5) is 0 Å². The van der Waals surface area contributed by atoms with Crippen molar-refractivity contribution in [3.63, 3.8) is 0 Å². The van der Waals surface area contributed by atoms with Crippen molar-refractivity contribution in [3.05, 3.63) is 0 Å². The van der Waals surface area contributed by atoms with E-state index in [1.165, 1.54) is 0 Å². The van der Waals surface area contributed by atoms with Crippen LogP contribution in [0.15, 0.2) is 0 Å². The predicted octanol–water partition coefficient (Wildman–Crippen LogP) is 1.53. The third kappa shape index (κ3) is 3.71. The summed E-state index contributed by atoms with van der Waals surface area (Å²) in [6.45, 7) is 5.74. The Balaban J connectivity index is 2.58. The molecule has 1 N–H and O–H groups in total. The quantitative estimate of drug-likeness (QED) is 0.806. The Bertz CT molecular complexity index is 300. The molecule has 17 heavy (non-hydrogen) atoms. The van der Waals surface area contributed by atoms with Gasteiger partial charge in [0.15, 0.2) is 0 Å². The maximum Gasteiger partial charge on any atom is 0.224 e. The molecule has 96 valence electrons. The molecule has 0 bridgehead atoms.